The highest BCUT2D eigenvalue weighted by Gasteiger charge is 2.21. The molecule has 1 aliphatic rings. The third kappa shape index (κ3) is 3.85. The Labute approximate surface area is 114 Å². The molecule has 4 nitrogen and oxygen atoms in total. The molecule has 0 spiro atoms. The summed E-state index contributed by atoms with van der Waals surface area (Å²) in [5.41, 5.74) is 1.14. The summed E-state index contributed by atoms with van der Waals surface area (Å²) >= 11 is 0. The number of hydrogen-bond donors (Lipinski definition) is 1. The number of hydrogen-bond acceptors (Lipinski definition) is 4. The van der Waals surface area contributed by atoms with Crippen LogP contribution in [-0.2, 0) is 6.54 Å². The molecule has 0 unspecified atom stereocenters. The van der Waals surface area contributed by atoms with Crippen LogP contribution < -0.4 is 9.47 Å². The topological polar surface area (TPSA) is 41.9 Å². The van der Waals surface area contributed by atoms with E-state index in [-0.39, 0.29) is 12.2 Å². The number of nitrogens with zero attached hydrogens (tertiary/aromatic N) is 1. The minimum Gasteiger partial charge on any atom is -0.497 e. The van der Waals surface area contributed by atoms with Crippen molar-refractivity contribution in [1.29, 1.82) is 0 Å². The molecule has 19 heavy (non-hydrogen) atoms. The van der Waals surface area contributed by atoms with Gasteiger partial charge in [-0.25, -0.2) is 0 Å². The first-order chi connectivity index (χ1) is 9.08. The lowest BCUT2D eigenvalue weighted by Gasteiger charge is -2.20. The lowest BCUT2D eigenvalue weighted by molar-refractivity contribution is 0.173. The van der Waals surface area contributed by atoms with Crippen molar-refractivity contribution >= 4 is 0 Å². The second kappa shape index (κ2) is 6.26. The van der Waals surface area contributed by atoms with Crippen LogP contribution in [0.4, 0.5) is 0 Å². The highest BCUT2D eigenvalue weighted by molar-refractivity contribution is 5.41. The Bertz CT molecular complexity index is 420. The number of likely N-dealkylation sites (tertiary alicyclic amines) is 1. The van der Waals surface area contributed by atoms with Gasteiger partial charge in [0.2, 0.25) is 0 Å². The van der Waals surface area contributed by atoms with Crippen LogP contribution in [-0.4, -0.2) is 42.4 Å². The van der Waals surface area contributed by atoms with Crippen LogP contribution in [0.15, 0.2) is 18.2 Å². The summed E-state index contributed by atoms with van der Waals surface area (Å²) in [5.74, 6) is 1.68. The summed E-state index contributed by atoms with van der Waals surface area (Å²) < 4.78 is 11.1. The predicted octanol–water partition coefficient (Wildman–Crippen LogP) is 2.05. The van der Waals surface area contributed by atoms with Gasteiger partial charge in [0.15, 0.2) is 0 Å². The van der Waals surface area contributed by atoms with E-state index >= 15 is 0 Å². The van der Waals surface area contributed by atoms with Crippen LogP contribution >= 0.6 is 0 Å². The van der Waals surface area contributed by atoms with E-state index in [2.05, 4.69) is 4.90 Å². The highest BCUT2D eigenvalue weighted by Crippen LogP contribution is 2.28. The Hall–Kier alpha value is -1.26. The largest absolute Gasteiger partial charge is 0.497 e. The van der Waals surface area contributed by atoms with E-state index in [4.69, 9.17) is 9.47 Å². The molecule has 1 aromatic rings. The summed E-state index contributed by atoms with van der Waals surface area (Å²) in [6, 6.07) is 5.93. The van der Waals surface area contributed by atoms with E-state index in [0.29, 0.717) is 0 Å². The Balaban J connectivity index is 2.13. The molecule has 1 aromatic carbocycles. The quantitative estimate of drug-likeness (QED) is 0.884. The second-order valence-electron chi connectivity index (χ2n) is 5.32. The minimum absolute atomic E-state index is 0.134. The van der Waals surface area contributed by atoms with E-state index in [9.17, 15) is 5.11 Å². The zero-order valence-corrected chi connectivity index (χ0v) is 11.9. The molecule has 1 heterocycles. The second-order valence-corrected chi connectivity index (χ2v) is 5.32. The lowest BCUT2D eigenvalue weighted by atomic mass is 10.1. The smallest absolute Gasteiger partial charge is 0.127 e. The number of benzene rings is 1. The van der Waals surface area contributed by atoms with Crippen molar-refractivity contribution in [2.75, 3.05) is 20.2 Å². The lowest BCUT2D eigenvalue weighted by Crippen LogP contribution is -2.22. The molecule has 1 aliphatic heterocycles. The first kappa shape index (κ1) is 14.2. The third-order valence-corrected chi connectivity index (χ3v) is 3.28. The first-order valence-electron chi connectivity index (χ1n) is 6.82. The van der Waals surface area contributed by atoms with Crippen molar-refractivity contribution in [1.82, 2.24) is 4.90 Å². The summed E-state index contributed by atoms with van der Waals surface area (Å²) in [7, 11) is 1.66. The van der Waals surface area contributed by atoms with Gasteiger partial charge >= 0.3 is 0 Å². The number of aliphatic hydroxyl groups is 1. The monoisotopic (exact) mass is 265 g/mol. The molecule has 0 bridgehead atoms. The van der Waals surface area contributed by atoms with Gasteiger partial charge in [0, 0.05) is 31.3 Å². The third-order valence-electron chi connectivity index (χ3n) is 3.28. The van der Waals surface area contributed by atoms with Crippen LogP contribution in [0.1, 0.15) is 25.8 Å². The minimum atomic E-state index is -0.187. The molecule has 0 amide bonds. The van der Waals surface area contributed by atoms with Gasteiger partial charge in [-0.05, 0) is 26.3 Å². The molecule has 4 heteroatoms. The molecule has 0 saturated carbocycles. The van der Waals surface area contributed by atoms with Gasteiger partial charge in [-0.3, -0.25) is 4.90 Å². The number of rotatable bonds is 5. The normalized spacial score (nSPS) is 19.9. The van der Waals surface area contributed by atoms with Gasteiger partial charge in [0.25, 0.3) is 0 Å². The summed E-state index contributed by atoms with van der Waals surface area (Å²) in [6.45, 7) is 6.52. The molecule has 106 valence electrons. The van der Waals surface area contributed by atoms with Gasteiger partial charge in [0.05, 0.1) is 19.3 Å². The van der Waals surface area contributed by atoms with Crippen LogP contribution in [0, 0.1) is 0 Å². The zero-order chi connectivity index (χ0) is 13.8. The standard InChI is InChI=1S/C15H23NO3/c1-11(2)19-15-8-14(18-3)5-4-12(15)9-16-7-6-13(17)10-16/h4-5,8,11,13,17H,6-7,9-10H2,1-3H3/t13-/m1/s1. The Kier molecular flexibility index (Phi) is 4.66. The maximum Gasteiger partial charge on any atom is 0.127 e. The fourth-order valence-electron chi connectivity index (χ4n) is 2.35. The Morgan fingerprint density at radius 2 is 2.21 bits per heavy atom. The van der Waals surface area contributed by atoms with Crippen molar-refractivity contribution in [2.24, 2.45) is 0 Å². The van der Waals surface area contributed by atoms with Gasteiger partial charge < -0.3 is 14.6 Å². The fourth-order valence-corrected chi connectivity index (χ4v) is 2.35. The van der Waals surface area contributed by atoms with Crippen molar-refractivity contribution in [3.8, 4) is 11.5 Å². The van der Waals surface area contributed by atoms with Gasteiger partial charge in [-0.1, -0.05) is 6.07 Å². The summed E-state index contributed by atoms with van der Waals surface area (Å²) in [6.07, 6.45) is 0.805. The molecule has 1 saturated heterocycles. The molecule has 1 N–H and O–H groups in total. The maximum absolute atomic E-state index is 9.58. The predicted molar refractivity (Wildman–Crippen MR) is 74.7 cm³/mol. The molecular weight excluding hydrogens is 242 g/mol. The number of β-amino-alcohol motifs (C(OH)–C–C–N with tert-alkyl or cyclic N) is 1. The van der Waals surface area contributed by atoms with Crippen molar-refractivity contribution in [3.05, 3.63) is 23.8 Å². The average molecular weight is 265 g/mol. The molecular formula is C15H23NO3. The molecule has 0 aliphatic carbocycles. The van der Waals surface area contributed by atoms with Crippen LogP contribution in [0.5, 0.6) is 11.5 Å². The van der Waals surface area contributed by atoms with Crippen molar-refractivity contribution in [3.63, 3.8) is 0 Å². The van der Waals surface area contributed by atoms with E-state index in [1.54, 1.807) is 7.11 Å². The zero-order valence-electron chi connectivity index (χ0n) is 11.9. The molecule has 2 rings (SSSR count). The van der Waals surface area contributed by atoms with Crippen molar-refractivity contribution in [2.45, 2.75) is 39.0 Å². The van der Waals surface area contributed by atoms with Gasteiger partial charge in [0.1, 0.15) is 11.5 Å². The van der Waals surface area contributed by atoms with Crippen molar-refractivity contribution < 1.29 is 14.6 Å². The Morgan fingerprint density at radius 3 is 2.79 bits per heavy atom. The summed E-state index contributed by atoms with van der Waals surface area (Å²) in [4.78, 5) is 2.25. The average Bonchev–Trinajstić information content (AvgIpc) is 2.76. The van der Waals surface area contributed by atoms with Gasteiger partial charge in [-0.15, -0.1) is 0 Å². The molecule has 0 radical (unpaired) electrons. The van der Waals surface area contributed by atoms with E-state index < -0.39 is 0 Å². The van der Waals surface area contributed by atoms with Crippen LogP contribution in [0.3, 0.4) is 0 Å². The maximum atomic E-state index is 9.58. The molecule has 0 aromatic heterocycles. The van der Waals surface area contributed by atoms with E-state index in [1.807, 2.05) is 32.0 Å². The highest BCUT2D eigenvalue weighted by atomic mass is 16.5. The van der Waals surface area contributed by atoms with Crippen LogP contribution in [0.25, 0.3) is 0 Å². The molecule has 1 fully saturated rings. The van der Waals surface area contributed by atoms with Crippen LogP contribution in [0.2, 0.25) is 0 Å². The van der Waals surface area contributed by atoms with E-state index in [0.717, 1.165) is 43.1 Å². The fraction of sp³-hybridized carbons (Fsp3) is 0.600. The Morgan fingerprint density at radius 1 is 1.42 bits per heavy atom. The van der Waals surface area contributed by atoms with E-state index in [1.165, 1.54) is 0 Å². The van der Waals surface area contributed by atoms with Gasteiger partial charge in [-0.2, -0.15) is 0 Å². The summed E-state index contributed by atoms with van der Waals surface area (Å²) in [5, 5.41) is 9.58. The molecule has 1 atom stereocenters. The number of methoxy groups -OCH3 is 1. The first-order valence-corrected chi connectivity index (χ1v) is 6.82. The number of aliphatic hydroxyl groups excluding tert-OH is 1. The SMILES string of the molecule is COc1ccc(CN2CC[C@@H](O)C2)c(OC(C)C)c1. The number of ether oxygens (including phenoxy) is 2.